The molecular weight excluding hydrogens is 258 g/mol. The van der Waals surface area contributed by atoms with E-state index >= 15 is 0 Å². The number of nitrogens with zero attached hydrogens (tertiary/aromatic N) is 1. The Morgan fingerprint density at radius 3 is 2.63 bits per heavy atom. The van der Waals surface area contributed by atoms with Crippen LogP contribution in [0, 0.1) is 6.92 Å². The lowest BCUT2D eigenvalue weighted by molar-refractivity contribution is 0.0956. The van der Waals surface area contributed by atoms with Crippen molar-refractivity contribution in [3.8, 4) is 10.6 Å². The van der Waals surface area contributed by atoms with Crippen molar-refractivity contribution < 1.29 is 4.79 Å². The monoisotopic (exact) mass is 275 g/mol. The Labute approximate surface area is 116 Å². The first-order valence-corrected chi connectivity index (χ1v) is 6.94. The predicted octanol–water partition coefficient (Wildman–Crippen LogP) is 2.85. The maximum Gasteiger partial charge on any atom is 0.277 e. The van der Waals surface area contributed by atoms with Gasteiger partial charge in [-0.25, -0.2) is 10.8 Å². The highest BCUT2D eigenvalue weighted by molar-refractivity contribution is 7.17. The Balaban J connectivity index is 2.55. The molecule has 19 heavy (non-hydrogen) atoms. The third-order valence-electron chi connectivity index (χ3n) is 2.91. The molecule has 3 N–H and O–H groups in total. The van der Waals surface area contributed by atoms with Crippen molar-refractivity contribution in [2.45, 2.75) is 26.7 Å². The summed E-state index contributed by atoms with van der Waals surface area (Å²) in [6.45, 7) is 6.07. The van der Waals surface area contributed by atoms with Crippen LogP contribution >= 0.6 is 11.3 Å². The molecule has 5 heteroatoms. The molecule has 0 bridgehead atoms. The van der Waals surface area contributed by atoms with E-state index < -0.39 is 0 Å². The van der Waals surface area contributed by atoms with Gasteiger partial charge >= 0.3 is 0 Å². The fourth-order valence-corrected chi connectivity index (χ4v) is 3.09. The number of rotatable bonds is 3. The number of hydrazine groups is 1. The number of nitrogen functional groups attached to an aromatic ring is 1. The van der Waals surface area contributed by atoms with E-state index in [1.165, 1.54) is 11.3 Å². The van der Waals surface area contributed by atoms with Crippen molar-refractivity contribution in [2.75, 3.05) is 0 Å². The van der Waals surface area contributed by atoms with E-state index in [1.54, 1.807) is 0 Å². The summed E-state index contributed by atoms with van der Waals surface area (Å²) >= 11 is 1.38. The Morgan fingerprint density at radius 2 is 2.05 bits per heavy atom. The third kappa shape index (κ3) is 2.67. The molecule has 4 nitrogen and oxygen atoms in total. The van der Waals surface area contributed by atoms with Gasteiger partial charge in [0.1, 0.15) is 9.88 Å². The summed E-state index contributed by atoms with van der Waals surface area (Å²) in [5.41, 5.74) is 5.19. The standard InChI is InChI=1S/C14H17N3OS/c1-8(2)11-12(13(18)17-15)19-14(16-11)10-7-5-4-6-9(10)3/h4-8H,15H2,1-3H3,(H,17,18). The molecular formula is C14H17N3OS. The number of hydrogen-bond donors (Lipinski definition) is 2. The molecule has 0 saturated carbocycles. The zero-order chi connectivity index (χ0) is 14.0. The number of carbonyl (C=O) groups is 1. The van der Waals surface area contributed by atoms with Gasteiger partial charge in [0.15, 0.2) is 0 Å². The number of aromatic nitrogens is 1. The Hall–Kier alpha value is -1.72. The highest BCUT2D eigenvalue weighted by Gasteiger charge is 2.20. The van der Waals surface area contributed by atoms with Crippen molar-refractivity contribution in [3.63, 3.8) is 0 Å². The number of nitrogens with one attached hydrogen (secondary N) is 1. The molecule has 0 atom stereocenters. The summed E-state index contributed by atoms with van der Waals surface area (Å²) < 4.78 is 0. The second-order valence-corrected chi connectivity index (χ2v) is 5.68. The Bertz CT molecular complexity index is 604. The molecule has 2 aromatic rings. The van der Waals surface area contributed by atoms with Crippen LogP contribution in [0.3, 0.4) is 0 Å². The van der Waals surface area contributed by atoms with Crippen LogP contribution in [0.1, 0.15) is 40.7 Å². The average Bonchev–Trinajstić information content (AvgIpc) is 2.83. The van der Waals surface area contributed by atoms with Crippen LogP contribution in [-0.2, 0) is 0 Å². The van der Waals surface area contributed by atoms with Crippen LogP contribution in [0.15, 0.2) is 24.3 Å². The van der Waals surface area contributed by atoms with Gasteiger partial charge in [-0.3, -0.25) is 10.2 Å². The molecule has 100 valence electrons. The molecule has 0 spiro atoms. The minimum Gasteiger partial charge on any atom is -0.289 e. The minimum atomic E-state index is -0.277. The van der Waals surface area contributed by atoms with Gasteiger partial charge in [-0.05, 0) is 18.4 Å². The van der Waals surface area contributed by atoms with Crippen LogP contribution in [-0.4, -0.2) is 10.9 Å². The maximum absolute atomic E-state index is 11.8. The number of carbonyl (C=O) groups excluding carboxylic acids is 1. The molecule has 0 aliphatic rings. The second kappa shape index (κ2) is 5.50. The molecule has 0 unspecified atom stereocenters. The number of benzene rings is 1. The first-order chi connectivity index (χ1) is 9.04. The first kappa shape index (κ1) is 13.7. The highest BCUT2D eigenvalue weighted by atomic mass is 32.1. The number of hydrogen-bond acceptors (Lipinski definition) is 4. The molecule has 1 heterocycles. The van der Waals surface area contributed by atoms with Gasteiger partial charge in [0.2, 0.25) is 0 Å². The Morgan fingerprint density at radius 1 is 1.37 bits per heavy atom. The largest absolute Gasteiger partial charge is 0.289 e. The lowest BCUT2D eigenvalue weighted by atomic mass is 10.1. The molecule has 2 rings (SSSR count). The summed E-state index contributed by atoms with van der Waals surface area (Å²) in [4.78, 5) is 17.0. The van der Waals surface area contributed by atoms with E-state index in [1.807, 2.05) is 45.0 Å². The van der Waals surface area contributed by atoms with Gasteiger partial charge < -0.3 is 0 Å². The quantitative estimate of drug-likeness (QED) is 0.514. The van der Waals surface area contributed by atoms with Crippen molar-refractivity contribution in [1.82, 2.24) is 10.4 Å². The van der Waals surface area contributed by atoms with E-state index in [4.69, 9.17) is 5.84 Å². The summed E-state index contributed by atoms with van der Waals surface area (Å²) in [5, 5.41) is 0.861. The SMILES string of the molecule is Cc1ccccc1-c1nc(C(C)C)c(C(=O)NN)s1. The molecule has 0 aliphatic heterocycles. The summed E-state index contributed by atoms with van der Waals surface area (Å²) in [5.74, 6) is 5.14. The summed E-state index contributed by atoms with van der Waals surface area (Å²) in [7, 11) is 0. The van der Waals surface area contributed by atoms with E-state index in [-0.39, 0.29) is 11.8 Å². The average molecular weight is 275 g/mol. The van der Waals surface area contributed by atoms with Crippen molar-refractivity contribution in [3.05, 3.63) is 40.4 Å². The van der Waals surface area contributed by atoms with Crippen LogP contribution in [0.5, 0.6) is 0 Å². The smallest absolute Gasteiger partial charge is 0.277 e. The molecule has 1 aromatic carbocycles. The van der Waals surface area contributed by atoms with E-state index in [0.29, 0.717) is 4.88 Å². The fraction of sp³-hybridized carbons (Fsp3) is 0.286. The van der Waals surface area contributed by atoms with Crippen LogP contribution < -0.4 is 11.3 Å². The molecule has 0 fully saturated rings. The summed E-state index contributed by atoms with van der Waals surface area (Å²) in [6, 6.07) is 8.02. The van der Waals surface area contributed by atoms with Crippen molar-refractivity contribution in [2.24, 2.45) is 5.84 Å². The molecule has 1 aromatic heterocycles. The van der Waals surface area contributed by atoms with Crippen LogP contribution in [0.2, 0.25) is 0 Å². The summed E-state index contributed by atoms with van der Waals surface area (Å²) in [6.07, 6.45) is 0. The van der Waals surface area contributed by atoms with Gasteiger partial charge in [0.05, 0.1) is 5.69 Å². The lowest BCUT2D eigenvalue weighted by Crippen LogP contribution is -2.30. The first-order valence-electron chi connectivity index (χ1n) is 6.12. The van der Waals surface area contributed by atoms with Gasteiger partial charge in [-0.2, -0.15) is 0 Å². The van der Waals surface area contributed by atoms with E-state index in [9.17, 15) is 4.79 Å². The second-order valence-electron chi connectivity index (χ2n) is 4.68. The minimum absolute atomic E-state index is 0.182. The fourth-order valence-electron chi connectivity index (χ4n) is 1.88. The zero-order valence-corrected chi connectivity index (χ0v) is 12.0. The molecule has 1 amide bonds. The number of nitrogens with two attached hydrogens (primary N) is 1. The number of thiazole rings is 1. The van der Waals surface area contributed by atoms with Gasteiger partial charge in [-0.15, -0.1) is 11.3 Å². The predicted molar refractivity (Wildman–Crippen MR) is 78.0 cm³/mol. The van der Waals surface area contributed by atoms with Gasteiger partial charge in [0, 0.05) is 5.56 Å². The molecule has 0 radical (unpaired) electrons. The third-order valence-corrected chi connectivity index (χ3v) is 4.02. The highest BCUT2D eigenvalue weighted by Crippen LogP contribution is 2.33. The van der Waals surface area contributed by atoms with Gasteiger partial charge in [-0.1, -0.05) is 38.1 Å². The number of aryl methyl sites for hydroxylation is 1. The molecule has 0 saturated heterocycles. The normalized spacial score (nSPS) is 10.8. The lowest BCUT2D eigenvalue weighted by Gasteiger charge is -2.03. The topological polar surface area (TPSA) is 68.0 Å². The molecule has 0 aliphatic carbocycles. The maximum atomic E-state index is 11.8. The van der Waals surface area contributed by atoms with Gasteiger partial charge in [0.25, 0.3) is 5.91 Å². The van der Waals surface area contributed by atoms with Crippen LogP contribution in [0.4, 0.5) is 0 Å². The van der Waals surface area contributed by atoms with Crippen molar-refractivity contribution >= 4 is 17.2 Å². The number of amides is 1. The Kier molecular flexibility index (Phi) is 3.97. The van der Waals surface area contributed by atoms with Crippen LogP contribution in [0.25, 0.3) is 10.6 Å². The zero-order valence-electron chi connectivity index (χ0n) is 11.2. The van der Waals surface area contributed by atoms with E-state index in [2.05, 4.69) is 10.4 Å². The van der Waals surface area contributed by atoms with Crippen molar-refractivity contribution in [1.29, 1.82) is 0 Å². The van der Waals surface area contributed by atoms with E-state index in [0.717, 1.165) is 21.8 Å².